The second kappa shape index (κ2) is 6.48. The van der Waals surface area contributed by atoms with Crippen LogP contribution in [-0.2, 0) is 4.74 Å². The second-order valence-electron chi connectivity index (χ2n) is 4.92. The SMILES string of the molecule is COC(C)c1ccc(-c2ccc(OC(C)C)nn2)cc1. The van der Waals surface area contributed by atoms with E-state index in [1.54, 1.807) is 7.11 Å². The third-order valence-electron chi connectivity index (χ3n) is 3.03. The number of hydrogen-bond acceptors (Lipinski definition) is 4. The fourth-order valence-electron chi connectivity index (χ4n) is 1.84. The first-order valence-electron chi connectivity index (χ1n) is 6.73. The topological polar surface area (TPSA) is 44.2 Å². The summed E-state index contributed by atoms with van der Waals surface area (Å²) in [5, 5.41) is 8.26. The largest absolute Gasteiger partial charge is 0.474 e. The van der Waals surface area contributed by atoms with Gasteiger partial charge in [0.2, 0.25) is 5.88 Å². The number of ether oxygens (including phenoxy) is 2. The Labute approximate surface area is 119 Å². The highest BCUT2D eigenvalue weighted by molar-refractivity contribution is 5.59. The monoisotopic (exact) mass is 272 g/mol. The molecule has 0 fully saturated rings. The van der Waals surface area contributed by atoms with Gasteiger partial charge in [-0.15, -0.1) is 10.2 Å². The van der Waals surface area contributed by atoms with Crippen molar-refractivity contribution in [1.29, 1.82) is 0 Å². The molecule has 0 saturated carbocycles. The van der Waals surface area contributed by atoms with Gasteiger partial charge in [-0.1, -0.05) is 24.3 Å². The number of benzene rings is 1. The summed E-state index contributed by atoms with van der Waals surface area (Å²) in [6.45, 7) is 5.95. The zero-order valence-electron chi connectivity index (χ0n) is 12.3. The maximum atomic E-state index is 5.48. The van der Waals surface area contributed by atoms with Gasteiger partial charge < -0.3 is 9.47 Å². The van der Waals surface area contributed by atoms with Crippen molar-refractivity contribution >= 4 is 0 Å². The summed E-state index contributed by atoms with van der Waals surface area (Å²) in [6.07, 6.45) is 0.196. The quantitative estimate of drug-likeness (QED) is 0.833. The van der Waals surface area contributed by atoms with Gasteiger partial charge in [-0.05, 0) is 32.4 Å². The Bertz CT molecular complexity index is 535. The van der Waals surface area contributed by atoms with Crippen molar-refractivity contribution in [2.75, 3.05) is 7.11 Å². The van der Waals surface area contributed by atoms with E-state index in [0.29, 0.717) is 5.88 Å². The molecule has 1 unspecified atom stereocenters. The molecule has 1 aromatic carbocycles. The van der Waals surface area contributed by atoms with Crippen LogP contribution >= 0.6 is 0 Å². The summed E-state index contributed by atoms with van der Waals surface area (Å²) >= 11 is 0. The molecule has 1 heterocycles. The molecule has 0 amide bonds. The first kappa shape index (κ1) is 14.5. The van der Waals surface area contributed by atoms with E-state index in [-0.39, 0.29) is 12.2 Å². The zero-order chi connectivity index (χ0) is 14.5. The van der Waals surface area contributed by atoms with Crippen LogP contribution in [0, 0.1) is 0 Å². The number of nitrogens with zero attached hydrogens (tertiary/aromatic N) is 2. The minimum atomic E-state index is 0.0944. The van der Waals surface area contributed by atoms with Crippen LogP contribution in [0.15, 0.2) is 36.4 Å². The van der Waals surface area contributed by atoms with Gasteiger partial charge in [-0.3, -0.25) is 0 Å². The fourth-order valence-corrected chi connectivity index (χ4v) is 1.84. The number of methoxy groups -OCH3 is 1. The zero-order valence-corrected chi connectivity index (χ0v) is 12.3. The summed E-state index contributed by atoms with van der Waals surface area (Å²) < 4.78 is 10.8. The van der Waals surface area contributed by atoms with Crippen LogP contribution < -0.4 is 4.74 Å². The average molecular weight is 272 g/mol. The first-order valence-corrected chi connectivity index (χ1v) is 6.73. The second-order valence-corrected chi connectivity index (χ2v) is 4.92. The van der Waals surface area contributed by atoms with Crippen molar-refractivity contribution in [2.24, 2.45) is 0 Å². The van der Waals surface area contributed by atoms with Crippen molar-refractivity contribution in [3.8, 4) is 17.1 Å². The van der Waals surface area contributed by atoms with E-state index in [2.05, 4.69) is 10.2 Å². The van der Waals surface area contributed by atoms with E-state index in [1.807, 2.05) is 57.2 Å². The standard InChI is InChI=1S/C16H20N2O2/c1-11(2)20-16-10-9-15(17-18-16)14-7-5-13(6-8-14)12(3)19-4/h5-12H,1-4H3. The van der Waals surface area contributed by atoms with Crippen molar-refractivity contribution in [1.82, 2.24) is 10.2 Å². The van der Waals surface area contributed by atoms with E-state index in [4.69, 9.17) is 9.47 Å². The van der Waals surface area contributed by atoms with Gasteiger partial charge >= 0.3 is 0 Å². The minimum Gasteiger partial charge on any atom is -0.474 e. The van der Waals surface area contributed by atoms with Crippen molar-refractivity contribution in [2.45, 2.75) is 33.0 Å². The van der Waals surface area contributed by atoms with Gasteiger partial charge in [-0.25, -0.2) is 0 Å². The average Bonchev–Trinajstić information content (AvgIpc) is 2.47. The molecule has 2 aromatic rings. The molecule has 0 aliphatic rings. The Hall–Kier alpha value is -1.94. The molecular formula is C16H20N2O2. The van der Waals surface area contributed by atoms with E-state index >= 15 is 0 Å². The highest BCUT2D eigenvalue weighted by Crippen LogP contribution is 2.22. The Balaban J connectivity index is 2.15. The third-order valence-corrected chi connectivity index (χ3v) is 3.03. The lowest BCUT2D eigenvalue weighted by atomic mass is 10.1. The van der Waals surface area contributed by atoms with Gasteiger partial charge in [0.05, 0.1) is 17.9 Å². The predicted molar refractivity (Wildman–Crippen MR) is 78.7 cm³/mol. The number of hydrogen-bond donors (Lipinski definition) is 0. The van der Waals surface area contributed by atoms with Crippen LogP contribution in [0.5, 0.6) is 5.88 Å². The van der Waals surface area contributed by atoms with Crippen molar-refractivity contribution in [3.05, 3.63) is 42.0 Å². The highest BCUT2D eigenvalue weighted by Gasteiger charge is 2.06. The van der Waals surface area contributed by atoms with Crippen molar-refractivity contribution in [3.63, 3.8) is 0 Å². The Kier molecular flexibility index (Phi) is 4.69. The fraction of sp³-hybridized carbons (Fsp3) is 0.375. The lowest BCUT2D eigenvalue weighted by Gasteiger charge is -2.10. The summed E-state index contributed by atoms with van der Waals surface area (Å²) in [7, 11) is 1.71. The molecular weight excluding hydrogens is 252 g/mol. The summed E-state index contributed by atoms with van der Waals surface area (Å²) in [5.74, 6) is 0.549. The molecule has 0 N–H and O–H groups in total. The summed E-state index contributed by atoms with van der Waals surface area (Å²) in [4.78, 5) is 0. The maximum absolute atomic E-state index is 5.48. The van der Waals surface area contributed by atoms with Gasteiger partial charge in [0.15, 0.2) is 0 Å². The summed E-state index contributed by atoms with van der Waals surface area (Å²) in [5.41, 5.74) is 3.00. The Morgan fingerprint density at radius 1 is 0.900 bits per heavy atom. The molecule has 0 bridgehead atoms. The molecule has 0 saturated heterocycles. The molecule has 106 valence electrons. The highest BCUT2D eigenvalue weighted by atomic mass is 16.5. The molecule has 0 spiro atoms. The molecule has 4 nitrogen and oxygen atoms in total. The smallest absolute Gasteiger partial charge is 0.233 e. The molecule has 1 atom stereocenters. The molecule has 2 rings (SSSR count). The van der Waals surface area contributed by atoms with Crippen LogP contribution in [0.3, 0.4) is 0 Å². The molecule has 1 aromatic heterocycles. The predicted octanol–water partition coefficient (Wildman–Crippen LogP) is 3.64. The molecule has 0 aliphatic carbocycles. The van der Waals surface area contributed by atoms with Crippen LogP contribution in [0.2, 0.25) is 0 Å². The Morgan fingerprint density at radius 3 is 2.10 bits per heavy atom. The van der Waals surface area contributed by atoms with Crippen LogP contribution in [0.25, 0.3) is 11.3 Å². The number of rotatable bonds is 5. The van der Waals surface area contributed by atoms with E-state index < -0.39 is 0 Å². The molecule has 20 heavy (non-hydrogen) atoms. The van der Waals surface area contributed by atoms with Crippen LogP contribution in [0.1, 0.15) is 32.4 Å². The maximum Gasteiger partial charge on any atom is 0.233 e. The lowest BCUT2D eigenvalue weighted by Crippen LogP contribution is -2.07. The Morgan fingerprint density at radius 2 is 1.60 bits per heavy atom. The van der Waals surface area contributed by atoms with Gasteiger partial charge in [0.25, 0.3) is 0 Å². The van der Waals surface area contributed by atoms with Gasteiger partial charge in [0, 0.05) is 18.7 Å². The minimum absolute atomic E-state index is 0.0944. The van der Waals surface area contributed by atoms with E-state index in [0.717, 1.165) is 16.8 Å². The first-order chi connectivity index (χ1) is 9.60. The van der Waals surface area contributed by atoms with Gasteiger partial charge in [-0.2, -0.15) is 0 Å². The van der Waals surface area contributed by atoms with E-state index in [9.17, 15) is 0 Å². The number of aromatic nitrogens is 2. The van der Waals surface area contributed by atoms with E-state index in [1.165, 1.54) is 0 Å². The van der Waals surface area contributed by atoms with Crippen LogP contribution in [0.4, 0.5) is 0 Å². The lowest BCUT2D eigenvalue weighted by molar-refractivity contribution is 0.119. The molecule has 0 aliphatic heterocycles. The van der Waals surface area contributed by atoms with Crippen LogP contribution in [-0.4, -0.2) is 23.4 Å². The van der Waals surface area contributed by atoms with Crippen molar-refractivity contribution < 1.29 is 9.47 Å². The third kappa shape index (κ3) is 3.54. The van der Waals surface area contributed by atoms with Gasteiger partial charge in [0.1, 0.15) is 0 Å². The molecule has 4 heteroatoms. The summed E-state index contributed by atoms with van der Waals surface area (Å²) in [6, 6.07) is 11.9. The normalized spacial score (nSPS) is 12.4. The molecule has 0 radical (unpaired) electrons.